The molecule has 0 saturated heterocycles. The Morgan fingerprint density at radius 2 is 1.43 bits per heavy atom. The Balaban J connectivity index is 1.66. The number of nitrogens with two attached hydrogens (primary N) is 1. The summed E-state index contributed by atoms with van der Waals surface area (Å²) < 4.78 is 56.3. The third kappa shape index (κ3) is 9.00. The number of rotatable bonds is 14. The maximum atomic E-state index is 13.3. The van der Waals surface area contributed by atoms with Crippen molar-refractivity contribution in [1.29, 1.82) is 0 Å². The highest BCUT2D eigenvalue weighted by atomic mass is 19.4. The van der Waals surface area contributed by atoms with Crippen LogP contribution in [0.3, 0.4) is 0 Å². The number of alkyl halides is 3. The average Bonchev–Trinajstić information content (AvgIpc) is 2.84. The van der Waals surface area contributed by atoms with Gasteiger partial charge in [0.25, 0.3) is 0 Å². The average molecular weight is 493 g/mol. The van der Waals surface area contributed by atoms with Crippen LogP contribution in [0.4, 0.5) is 25.1 Å². The molecule has 2 aromatic carbocycles. The minimum Gasteiger partial charge on any atom is -0.424 e. The van der Waals surface area contributed by atoms with E-state index in [1.807, 2.05) is 6.07 Å². The fourth-order valence-electron chi connectivity index (χ4n) is 2.92. The molecule has 1 aromatic heterocycles. The van der Waals surface area contributed by atoms with Crippen LogP contribution >= 0.6 is 0 Å². The third-order valence-electron chi connectivity index (χ3n) is 4.49. The summed E-state index contributed by atoms with van der Waals surface area (Å²) in [6.07, 6.45) is -4.47. The number of hydrogen-bond acceptors (Lipinski definition) is 9. The molecule has 0 radical (unpaired) electrons. The second-order valence-corrected chi connectivity index (χ2v) is 7.13. The van der Waals surface area contributed by atoms with Crippen LogP contribution in [0.2, 0.25) is 0 Å². The molecular weight excluding hydrogens is 465 g/mol. The lowest BCUT2D eigenvalue weighted by Gasteiger charge is -2.14. The molecule has 0 aliphatic carbocycles. The Bertz CT molecular complexity index is 1040. The molecule has 0 amide bonds. The van der Waals surface area contributed by atoms with Crippen LogP contribution in [0.1, 0.15) is 11.1 Å². The molecule has 12 heteroatoms. The number of halogens is 3. The zero-order chi connectivity index (χ0) is 24.9. The molecule has 0 bridgehead atoms. The van der Waals surface area contributed by atoms with E-state index in [1.165, 1.54) is 18.2 Å². The van der Waals surface area contributed by atoms with Crippen molar-refractivity contribution in [2.24, 2.45) is 5.73 Å². The molecule has 0 aliphatic heterocycles. The molecule has 0 unspecified atom stereocenters. The van der Waals surface area contributed by atoms with E-state index in [1.54, 1.807) is 24.3 Å². The molecule has 3 aromatic rings. The van der Waals surface area contributed by atoms with E-state index in [0.29, 0.717) is 45.3 Å². The second kappa shape index (κ2) is 13.4. The quantitative estimate of drug-likeness (QED) is 0.290. The number of nitrogens with zero attached hydrogens (tertiary/aromatic N) is 3. The van der Waals surface area contributed by atoms with Crippen LogP contribution in [0, 0.1) is 0 Å². The summed E-state index contributed by atoms with van der Waals surface area (Å²) in [5.41, 5.74) is 4.68. The van der Waals surface area contributed by atoms with Crippen molar-refractivity contribution < 1.29 is 27.4 Å². The van der Waals surface area contributed by atoms with E-state index in [4.69, 9.17) is 19.9 Å². The Morgan fingerprint density at radius 3 is 2.14 bits per heavy atom. The van der Waals surface area contributed by atoms with Gasteiger partial charge in [0.1, 0.15) is 5.75 Å². The molecule has 1 heterocycles. The molecule has 0 fully saturated rings. The minimum atomic E-state index is -4.47. The molecule has 3 rings (SSSR count). The first kappa shape index (κ1) is 26.1. The lowest BCUT2D eigenvalue weighted by Crippen LogP contribution is -2.17. The first-order valence-corrected chi connectivity index (χ1v) is 10.9. The van der Waals surface area contributed by atoms with E-state index in [9.17, 15) is 13.2 Å². The van der Waals surface area contributed by atoms with Gasteiger partial charge in [0, 0.05) is 19.6 Å². The summed E-state index contributed by atoms with van der Waals surface area (Å²) in [4.78, 5) is 12.7. The minimum absolute atomic E-state index is 0.0172. The highest BCUT2D eigenvalue weighted by molar-refractivity contribution is 5.39. The van der Waals surface area contributed by atoms with Crippen LogP contribution in [-0.2, 0) is 22.2 Å². The summed E-state index contributed by atoms with van der Waals surface area (Å²) in [5, 5.41) is 5.83. The molecule has 9 nitrogen and oxygen atoms in total. The Kier molecular flexibility index (Phi) is 10.0. The Morgan fingerprint density at radius 1 is 0.771 bits per heavy atom. The Labute approximate surface area is 200 Å². The predicted octanol–water partition coefficient (Wildman–Crippen LogP) is 3.70. The van der Waals surface area contributed by atoms with Crippen molar-refractivity contribution in [2.45, 2.75) is 12.7 Å². The summed E-state index contributed by atoms with van der Waals surface area (Å²) in [5.74, 6) is 0.737. The largest absolute Gasteiger partial charge is 0.424 e. The van der Waals surface area contributed by atoms with E-state index in [0.717, 1.165) is 6.07 Å². The first-order valence-electron chi connectivity index (χ1n) is 10.9. The van der Waals surface area contributed by atoms with Crippen LogP contribution in [0.25, 0.3) is 0 Å². The lowest BCUT2D eigenvalue weighted by atomic mass is 10.1. The fraction of sp³-hybridized carbons (Fsp3) is 0.348. The Hall–Kier alpha value is -3.48. The van der Waals surface area contributed by atoms with Gasteiger partial charge in [0.05, 0.1) is 32.0 Å². The third-order valence-corrected chi connectivity index (χ3v) is 4.49. The van der Waals surface area contributed by atoms with Gasteiger partial charge in [-0.25, -0.2) is 0 Å². The number of aromatic nitrogens is 3. The zero-order valence-corrected chi connectivity index (χ0v) is 18.9. The molecule has 4 N–H and O–H groups in total. The van der Waals surface area contributed by atoms with Gasteiger partial charge in [-0.3, -0.25) is 0 Å². The summed E-state index contributed by atoms with van der Waals surface area (Å²) in [6.45, 7) is 2.36. The monoisotopic (exact) mass is 492 g/mol. The van der Waals surface area contributed by atoms with Crippen LogP contribution in [0.5, 0.6) is 11.8 Å². The standard InChI is InChI=1S/C23H27F3N6O3/c24-23(25,26)19-9-5-4-6-17(19)16-29-21-30-20(28-11-13-34-15-14-33-12-10-27)31-22(32-21)35-18-7-2-1-3-8-18/h1-9H,10-16,27H2,(H2,28,29,30,31,32). The maximum absolute atomic E-state index is 13.3. The van der Waals surface area contributed by atoms with Crippen LogP contribution in [-0.4, -0.2) is 54.5 Å². The van der Waals surface area contributed by atoms with Crippen molar-refractivity contribution in [3.63, 3.8) is 0 Å². The number of anilines is 2. The first-order chi connectivity index (χ1) is 17.0. The van der Waals surface area contributed by atoms with Gasteiger partial charge in [-0.15, -0.1) is 0 Å². The number of hydrogen-bond donors (Lipinski definition) is 3. The molecular formula is C23H27F3N6O3. The van der Waals surface area contributed by atoms with Crippen LogP contribution < -0.4 is 21.1 Å². The number of ether oxygens (including phenoxy) is 3. The number of para-hydroxylation sites is 1. The van der Waals surface area contributed by atoms with E-state index in [-0.39, 0.29) is 30.0 Å². The normalized spacial score (nSPS) is 11.3. The predicted molar refractivity (Wildman–Crippen MR) is 124 cm³/mol. The van der Waals surface area contributed by atoms with E-state index < -0.39 is 11.7 Å². The van der Waals surface area contributed by atoms with Gasteiger partial charge in [-0.2, -0.15) is 28.1 Å². The van der Waals surface area contributed by atoms with Gasteiger partial charge in [-0.05, 0) is 23.8 Å². The molecule has 0 spiro atoms. The topological polar surface area (TPSA) is 116 Å². The lowest BCUT2D eigenvalue weighted by molar-refractivity contribution is -0.138. The van der Waals surface area contributed by atoms with Gasteiger partial charge < -0.3 is 30.6 Å². The number of benzene rings is 2. The van der Waals surface area contributed by atoms with Crippen molar-refractivity contribution >= 4 is 11.9 Å². The van der Waals surface area contributed by atoms with Crippen molar-refractivity contribution in [1.82, 2.24) is 15.0 Å². The maximum Gasteiger partial charge on any atom is 0.416 e. The van der Waals surface area contributed by atoms with Gasteiger partial charge in [-0.1, -0.05) is 36.4 Å². The second-order valence-electron chi connectivity index (χ2n) is 7.13. The smallest absolute Gasteiger partial charge is 0.416 e. The summed E-state index contributed by atoms with van der Waals surface area (Å²) >= 11 is 0. The van der Waals surface area contributed by atoms with Gasteiger partial charge in [0.15, 0.2) is 0 Å². The van der Waals surface area contributed by atoms with Crippen LogP contribution in [0.15, 0.2) is 54.6 Å². The number of nitrogens with one attached hydrogen (secondary N) is 2. The zero-order valence-electron chi connectivity index (χ0n) is 18.9. The molecule has 0 atom stereocenters. The summed E-state index contributed by atoms with van der Waals surface area (Å²) in [7, 11) is 0. The van der Waals surface area contributed by atoms with E-state index in [2.05, 4.69) is 25.6 Å². The van der Waals surface area contributed by atoms with Crippen molar-refractivity contribution in [2.75, 3.05) is 50.2 Å². The van der Waals surface area contributed by atoms with Crippen molar-refractivity contribution in [3.05, 3.63) is 65.7 Å². The fourth-order valence-corrected chi connectivity index (χ4v) is 2.92. The summed E-state index contributed by atoms with van der Waals surface area (Å²) in [6, 6.07) is 14.2. The van der Waals surface area contributed by atoms with Gasteiger partial charge >= 0.3 is 12.2 Å². The highest BCUT2D eigenvalue weighted by Gasteiger charge is 2.32. The molecule has 0 saturated carbocycles. The molecule has 188 valence electrons. The molecule has 0 aliphatic rings. The highest BCUT2D eigenvalue weighted by Crippen LogP contribution is 2.32. The van der Waals surface area contributed by atoms with E-state index >= 15 is 0 Å². The van der Waals surface area contributed by atoms with Gasteiger partial charge in [0.2, 0.25) is 11.9 Å². The van der Waals surface area contributed by atoms with Crippen molar-refractivity contribution in [3.8, 4) is 11.8 Å². The molecule has 35 heavy (non-hydrogen) atoms. The SMILES string of the molecule is NCCOCCOCCNc1nc(NCc2ccccc2C(F)(F)F)nc(Oc2ccccc2)n1.